The minimum absolute atomic E-state index is 0.0581. The van der Waals surface area contributed by atoms with Crippen LogP contribution in [0, 0.1) is 0 Å². The topological polar surface area (TPSA) is 74.9 Å². The van der Waals surface area contributed by atoms with Crippen LogP contribution in [0.25, 0.3) is 0 Å². The smallest absolute Gasteiger partial charge is 0.216 e. The molecule has 2 heterocycles. The maximum atomic E-state index is 5.88. The number of rotatable bonds is 8. The average molecular weight is 428 g/mol. The van der Waals surface area contributed by atoms with Gasteiger partial charge in [0, 0.05) is 18.5 Å². The minimum Gasteiger partial charge on any atom is -0.497 e. The summed E-state index contributed by atoms with van der Waals surface area (Å²) in [5.41, 5.74) is 1.20. The maximum absolute atomic E-state index is 5.88. The van der Waals surface area contributed by atoms with Gasteiger partial charge in [0.2, 0.25) is 5.89 Å². The van der Waals surface area contributed by atoms with Crippen LogP contribution in [-0.4, -0.2) is 49.1 Å². The van der Waals surface area contributed by atoms with Crippen LogP contribution in [0.1, 0.15) is 63.8 Å². The molecule has 1 atom stereocenters. The zero-order valence-electron chi connectivity index (χ0n) is 19.6. The molecule has 1 fully saturated rings. The van der Waals surface area contributed by atoms with E-state index in [2.05, 4.69) is 66.4 Å². The molecule has 0 radical (unpaired) electrons. The fourth-order valence-corrected chi connectivity index (χ4v) is 3.77. The number of guanidine groups is 1. The molecule has 0 saturated carbocycles. The molecule has 31 heavy (non-hydrogen) atoms. The lowest BCUT2D eigenvalue weighted by Gasteiger charge is -2.29. The SMILES string of the molecule is CCNC(=NCc1ncc(C(C)(C)C)o1)NCC(c1cccc(OC)c1)N1CCCC1. The lowest BCUT2D eigenvalue weighted by Crippen LogP contribution is -2.42. The van der Waals surface area contributed by atoms with Crippen molar-refractivity contribution in [3.63, 3.8) is 0 Å². The minimum atomic E-state index is -0.0581. The summed E-state index contributed by atoms with van der Waals surface area (Å²) in [7, 11) is 1.71. The van der Waals surface area contributed by atoms with Crippen molar-refractivity contribution in [2.24, 2.45) is 4.99 Å². The van der Waals surface area contributed by atoms with Gasteiger partial charge in [-0.1, -0.05) is 32.9 Å². The van der Waals surface area contributed by atoms with Crippen molar-refractivity contribution in [1.82, 2.24) is 20.5 Å². The second-order valence-electron chi connectivity index (χ2n) is 8.98. The van der Waals surface area contributed by atoms with Gasteiger partial charge in [-0.15, -0.1) is 0 Å². The number of aliphatic imine (C=N–C) groups is 1. The Kier molecular flexibility index (Phi) is 7.96. The van der Waals surface area contributed by atoms with E-state index in [0.717, 1.165) is 43.6 Å². The molecule has 7 nitrogen and oxygen atoms in total. The Morgan fingerprint density at radius 3 is 2.68 bits per heavy atom. The zero-order valence-corrected chi connectivity index (χ0v) is 19.6. The summed E-state index contributed by atoms with van der Waals surface area (Å²) in [6.45, 7) is 12.6. The van der Waals surface area contributed by atoms with Gasteiger partial charge in [-0.25, -0.2) is 9.98 Å². The van der Waals surface area contributed by atoms with Crippen LogP contribution in [-0.2, 0) is 12.0 Å². The molecule has 2 aromatic rings. The number of aromatic nitrogens is 1. The molecule has 1 aromatic heterocycles. The van der Waals surface area contributed by atoms with Crippen molar-refractivity contribution < 1.29 is 9.15 Å². The van der Waals surface area contributed by atoms with Gasteiger partial charge in [0.25, 0.3) is 0 Å². The summed E-state index contributed by atoms with van der Waals surface area (Å²) in [4.78, 5) is 11.6. The summed E-state index contributed by atoms with van der Waals surface area (Å²) < 4.78 is 11.3. The highest BCUT2D eigenvalue weighted by Crippen LogP contribution is 2.27. The van der Waals surface area contributed by atoms with E-state index in [1.54, 1.807) is 13.3 Å². The number of benzene rings is 1. The van der Waals surface area contributed by atoms with Gasteiger partial charge < -0.3 is 19.8 Å². The number of methoxy groups -OCH3 is 1. The van der Waals surface area contributed by atoms with Crippen molar-refractivity contribution in [1.29, 1.82) is 0 Å². The van der Waals surface area contributed by atoms with Crippen LogP contribution < -0.4 is 15.4 Å². The van der Waals surface area contributed by atoms with Gasteiger partial charge in [0.05, 0.1) is 19.3 Å². The van der Waals surface area contributed by atoms with E-state index in [-0.39, 0.29) is 11.5 Å². The quantitative estimate of drug-likeness (QED) is 0.492. The lowest BCUT2D eigenvalue weighted by molar-refractivity contribution is 0.245. The van der Waals surface area contributed by atoms with Gasteiger partial charge in [0.1, 0.15) is 18.1 Å². The molecule has 1 aromatic carbocycles. The number of hydrogen-bond acceptors (Lipinski definition) is 5. The first kappa shape index (κ1) is 23.1. The average Bonchev–Trinajstić information content (AvgIpc) is 3.44. The van der Waals surface area contributed by atoms with Gasteiger partial charge in [-0.2, -0.15) is 0 Å². The van der Waals surface area contributed by atoms with E-state index in [0.29, 0.717) is 12.4 Å². The standard InChI is InChI=1S/C24H37N5O2/c1-6-25-23(28-17-22-26-16-21(31-22)24(2,3)4)27-15-20(29-12-7-8-13-29)18-10-9-11-19(14-18)30-5/h9-11,14,16,20H,6-8,12-13,15,17H2,1-5H3,(H2,25,27,28). The van der Waals surface area contributed by atoms with E-state index in [1.807, 2.05) is 6.07 Å². The first-order chi connectivity index (χ1) is 14.9. The highest BCUT2D eigenvalue weighted by atomic mass is 16.5. The molecule has 0 amide bonds. The molecule has 2 N–H and O–H groups in total. The van der Waals surface area contributed by atoms with Crippen molar-refractivity contribution in [3.8, 4) is 5.75 Å². The predicted molar refractivity (Wildman–Crippen MR) is 125 cm³/mol. The first-order valence-electron chi connectivity index (χ1n) is 11.3. The van der Waals surface area contributed by atoms with Crippen LogP contribution in [0.2, 0.25) is 0 Å². The number of hydrogen-bond donors (Lipinski definition) is 2. The maximum Gasteiger partial charge on any atom is 0.216 e. The fraction of sp³-hybridized carbons (Fsp3) is 0.583. The van der Waals surface area contributed by atoms with Crippen molar-refractivity contribution >= 4 is 5.96 Å². The molecule has 0 spiro atoms. The van der Waals surface area contributed by atoms with Gasteiger partial charge in [-0.3, -0.25) is 4.90 Å². The molecule has 0 aliphatic carbocycles. The largest absolute Gasteiger partial charge is 0.497 e. The Hall–Kier alpha value is -2.54. The van der Waals surface area contributed by atoms with Crippen LogP contribution in [0.5, 0.6) is 5.75 Å². The number of nitrogens with zero attached hydrogens (tertiary/aromatic N) is 3. The highest BCUT2D eigenvalue weighted by molar-refractivity contribution is 5.79. The van der Waals surface area contributed by atoms with Gasteiger partial charge in [0.15, 0.2) is 5.96 Å². The van der Waals surface area contributed by atoms with E-state index < -0.39 is 0 Å². The monoisotopic (exact) mass is 427 g/mol. The third-order valence-corrected chi connectivity index (χ3v) is 5.53. The number of oxazole rings is 1. The third kappa shape index (κ3) is 6.47. The Bertz CT molecular complexity index is 850. The summed E-state index contributed by atoms with van der Waals surface area (Å²) in [6.07, 6.45) is 4.29. The van der Waals surface area contributed by atoms with E-state index >= 15 is 0 Å². The molecule has 0 bridgehead atoms. The van der Waals surface area contributed by atoms with Gasteiger partial charge in [-0.05, 0) is 50.6 Å². The zero-order chi connectivity index (χ0) is 22.3. The highest BCUT2D eigenvalue weighted by Gasteiger charge is 2.24. The molecule has 3 rings (SSSR count). The molecule has 1 aliphatic heterocycles. The second-order valence-corrected chi connectivity index (χ2v) is 8.98. The van der Waals surface area contributed by atoms with Crippen LogP contribution in [0.4, 0.5) is 0 Å². The van der Waals surface area contributed by atoms with E-state index in [4.69, 9.17) is 14.1 Å². The Labute approximate surface area is 186 Å². The van der Waals surface area contributed by atoms with Crippen molar-refractivity contribution in [2.75, 3.05) is 33.3 Å². The fourth-order valence-electron chi connectivity index (χ4n) is 3.77. The van der Waals surface area contributed by atoms with Crippen LogP contribution in [0.3, 0.4) is 0 Å². The first-order valence-corrected chi connectivity index (χ1v) is 11.3. The molecular weight excluding hydrogens is 390 g/mol. The summed E-state index contributed by atoms with van der Waals surface area (Å²) in [5.74, 6) is 3.17. The predicted octanol–water partition coefficient (Wildman–Crippen LogP) is 3.87. The van der Waals surface area contributed by atoms with Crippen molar-refractivity contribution in [2.45, 2.75) is 58.5 Å². The Balaban J connectivity index is 1.70. The van der Waals surface area contributed by atoms with Crippen LogP contribution >= 0.6 is 0 Å². The number of likely N-dealkylation sites (tertiary alicyclic amines) is 1. The van der Waals surface area contributed by atoms with E-state index in [9.17, 15) is 0 Å². The third-order valence-electron chi connectivity index (χ3n) is 5.53. The molecule has 1 unspecified atom stereocenters. The Morgan fingerprint density at radius 1 is 1.26 bits per heavy atom. The normalized spacial score (nSPS) is 16.4. The molecule has 7 heteroatoms. The summed E-state index contributed by atoms with van der Waals surface area (Å²) in [5, 5.41) is 6.86. The second kappa shape index (κ2) is 10.7. The number of ether oxygens (including phenoxy) is 1. The molecule has 1 aliphatic rings. The summed E-state index contributed by atoms with van der Waals surface area (Å²) in [6, 6.07) is 8.63. The lowest BCUT2D eigenvalue weighted by atomic mass is 9.94. The number of nitrogens with one attached hydrogen (secondary N) is 2. The summed E-state index contributed by atoms with van der Waals surface area (Å²) >= 11 is 0. The van der Waals surface area contributed by atoms with E-state index in [1.165, 1.54) is 18.4 Å². The molecular formula is C24H37N5O2. The molecule has 170 valence electrons. The van der Waals surface area contributed by atoms with Crippen LogP contribution in [0.15, 0.2) is 39.9 Å². The van der Waals surface area contributed by atoms with Crippen molar-refractivity contribution in [3.05, 3.63) is 47.7 Å². The Morgan fingerprint density at radius 2 is 2.03 bits per heavy atom. The van der Waals surface area contributed by atoms with Gasteiger partial charge >= 0.3 is 0 Å². The molecule has 1 saturated heterocycles.